The van der Waals surface area contributed by atoms with Crippen LogP contribution in [0.25, 0.3) is 0 Å². The lowest BCUT2D eigenvalue weighted by molar-refractivity contribution is -0.124. The van der Waals surface area contributed by atoms with Crippen molar-refractivity contribution in [1.29, 1.82) is 0 Å². The molecule has 2 aromatic carbocycles. The molecule has 0 saturated heterocycles. The van der Waals surface area contributed by atoms with Crippen molar-refractivity contribution in [1.82, 2.24) is 0 Å². The highest BCUT2D eigenvalue weighted by Crippen LogP contribution is 2.45. The molecule has 2 aliphatic rings. The molecule has 0 aromatic heterocycles. The Morgan fingerprint density at radius 1 is 0.900 bits per heavy atom. The lowest BCUT2D eigenvalue weighted by atomic mass is 9.80. The van der Waals surface area contributed by atoms with Gasteiger partial charge in [0.25, 0.3) is 0 Å². The maximum atomic E-state index is 12.4. The summed E-state index contributed by atoms with van der Waals surface area (Å²) < 4.78 is 0. The molecule has 0 saturated carbocycles. The molecule has 100 valence electrons. The van der Waals surface area contributed by atoms with Crippen LogP contribution in [0.5, 0.6) is 0 Å². The van der Waals surface area contributed by atoms with Gasteiger partial charge < -0.3 is 5.11 Å². The largest absolute Gasteiger partial charge is 0.388 e. The van der Waals surface area contributed by atoms with Crippen LogP contribution in [0, 0.1) is 0 Å². The van der Waals surface area contributed by atoms with E-state index >= 15 is 0 Å². The molecule has 2 aromatic rings. The number of aliphatic hydroxyl groups is 1. The highest BCUT2D eigenvalue weighted by molar-refractivity contribution is 5.94. The first-order chi connectivity index (χ1) is 9.67. The average molecular weight is 264 g/mol. The van der Waals surface area contributed by atoms with E-state index in [0.29, 0.717) is 19.3 Å². The first kappa shape index (κ1) is 11.9. The fourth-order valence-corrected chi connectivity index (χ4v) is 3.86. The summed E-state index contributed by atoms with van der Waals surface area (Å²) in [5.74, 6) is -0.215. The zero-order chi connectivity index (χ0) is 13.7. The van der Waals surface area contributed by atoms with Gasteiger partial charge in [-0.3, -0.25) is 4.79 Å². The number of rotatable bonds is 1. The van der Waals surface area contributed by atoms with Gasteiger partial charge in [0.05, 0.1) is 11.5 Å². The number of benzene rings is 2. The maximum Gasteiger partial charge on any atom is 0.147 e. The fourth-order valence-electron chi connectivity index (χ4n) is 3.86. The van der Waals surface area contributed by atoms with Gasteiger partial charge in [0.15, 0.2) is 0 Å². The maximum absolute atomic E-state index is 12.4. The molecule has 2 nitrogen and oxygen atoms in total. The number of Topliss-reactive ketones (excluding diaryl/α,β-unsaturated/α-hetero) is 1. The summed E-state index contributed by atoms with van der Waals surface area (Å²) in [6, 6.07) is 16.0. The third-order valence-electron chi connectivity index (χ3n) is 4.70. The Kier molecular flexibility index (Phi) is 2.39. The molecule has 0 bridgehead atoms. The second kappa shape index (κ2) is 4.03. The van der Waals surface area contributed by atoms with Gasteiger partial charge in [0.2, 0.25) is 0 Å². The van der Waals surface area contributed by atoms with Gasteiger partial charge in [0, 0.05) is 19.3 Å². The van der Waals surface area contributed by atoms with Gasteiger partial charge in [-0.2, -0.15) is 0 Å². The van der Waals surface area contributed by atoms with E-state index in [1.165, 1.54) is 11.1 Å². The molecular weight excluding hydrogens is 248 g/mol. The lowest BCUT2D eigenvalue weighted by Gasteiger charge is -2.29. The zero-order valence-electron chi connectivity index (χ0n) is 11.2. The molecule has 1 N–H and O–H groups in total. The first-order valence-electron chi connectivity index (χ1n) is 7.07. The molecule has 2 heteroatoms. The minimum atomic E-state index is -0.951. The van der Waals surface area contributed by atoms with Crippen molar-refractivity contribution in [2.45, 2.75) is 30.8 Å². The predicted molar refractivity (Wildman–Crippen MR) is 76.7 cm³/mol. The van der Waals surface area contributed by atoms with E-state index in [-0.39, 0.29) is 11.7 Å². The van der Waals surface area contributed by atoms with Gasteiger partial charge in [-0.05, 0) is 22.3 Å². The molecule has 2 aliphatic carbocycles. The van der Waals surface area contributed by atoms with Gasteiger partial charge in [-0.15, -0.1) is 0 Å². The van der Waals surface area contributed by atoms with Crippen molar-refractivity contribution in [3.63, 3.8) is 0 Å². The Morgan fingerprint density at radius 2 is 1.45 bits per heavy atom. The van der Waals surface area contributed by atoms with Gasteiger partial charge >= 0.3 is 0 Å². The van der Waals surface area contributed by atoms with Crippen LogP contribution in [0.1, 0.15) is 28.2 Å². The smallest absolute Gasteiger partial charge is 0.147 e. The SMILES string of the molecule is O=C1Cc2ccccc2C1C1(O)Cc2ccccc2C1. The van der Waals surface area contributed by atoms with Crippen LogP contribution in [-0.4, -0.2) is 16.5 Å². The van der Waals surface area contributed by atoms with E-state index in [0.717, 1.165) is 11.1 Å². The molecule has 0 fully saturated rings. The molecule has 0 amide bonds. The summed E-state index contributed by atoms with van der Waals surface area (Å²) in [7, 11) is 0. The van der Waals surface area contributed by atoms with Crippen molar-refractivity contribution < 1.29 is 9.90 Å². The Balaban J connectivity index is 1.78. The van der Waals surface area contributed by atoms with Crippen LogP contribution in [0.3, 0.4) is 0 Å². The summed E-state index contributed by atoms with van der Waals surface area (Å²) in [5.41, 5.74) is 3.49. The van der Waals surface area contributed by atoms with Crippen LogP contribution in [0.2, 0.25) is 0 Å². The third-order valence-corrected chi connectivity index (χ3v) is 4.70. The Labute approximate surface area is 118 Å². The van der Waals surface area contributed by atoms with Gasteiger partial charge in [-0.1, -0.05) is 48.5 Å². The third kappa shape index (κ3) is 1.58. The van der Waals surface area contributed by atoms with E-state index < -0.39 is 5.60 Å². The topological polar surface area (TPSA) is 37.3 Å². The molecule has 1 atom stereocenters. The van der Waals surface area contributed by atoms with Crippen molar-refractivity contribution in [2.75, 3.05) is 0 Å². The average Bonchev–Trinajstić information content (AvgIpc) is 2.94. The van der Waals surface area contributed by atoms with E-state index in [9.17, 15) is 9.90 Å². The summed E-state index contributed by atoms with van der Waals surface area (Å²) >= 11 is 0. The van der Waals surface area contributed by atoms with Crippen molar-refractivity contribution in [2.24, 2.45) is 0 Å². The molecular formula is C18H16O2. The quantitative estimate of drug-likeness (QED) is 0.859. The molecule has 0 radical (unpaired) electrons. The highest BCUT2D eigenvalue weighted by Gasteiger charge is 2.49. The number of hydrogen-bond donors (Lipinski definition) is 1. The monoisotopic (exact) mass is 264 g/mol. The van der Waals surface area contributed by atoms with E-state index in [4.69, 9.17) is 0 Å². The minimum Gasteiger partial charge on any atom is -0.388 e. The fraction of sp³-hybridized carbons (Fsp3) is 0.278. The van der Waals surface area contributed by atoms with E-state index in [2.05, 4.69) is 12.1 Å². The van der Waals surface area contributed by atoms with Crippen molar-refractivity contribution in [3.05, 3.63) is 70.8 Å². The summed E-state index contributed by atoms with van der Waals surface area (Å²) in [4.78, 5) is 12.4. The molecule has 20 heavy (non-hydrogen) atoms. The summed E-state index contributed by atoms with van der Waals surface area (Å²) in [5, 5.41) is 11.1. The molecule has 0 spiro atoms. The molecule has 1 unspecified atom stereocenters. The summed E-state index contributed by atoms with van der Waals surface area (Å²) in [6.45, 7) is 0. The second-order valence-corrected chi connectivity index (χ2v) is 6.00. The van der Waals surface area contributed by atoms with Crippen molar-refractivity contribution in [3.8, 4) is 0 Å². The standard InChI is InChI=1S/C18H16O2/c19-16-9-12-5-3-4-8-15(12)17(16)18(20)10-13-6-1-2-7-14(13)11-18/h1-8,17,20H,9-11H2. The predicted octanol–water partition coefficient (Wildman–Crippen LogP) is 2.43. The van der Waals surface area contributed by atoms with E-state index in [1.807, 2.05) is 36.4 Å². The molecule has 0 aliphatic heterocycles. The number of carbonyl (C=O) groups is 1. The minimum absolute atomic E-state index is 0.154. The van der Waals surface area contributed by atoms with Crippen LogP contribution in [0.15, 0.2) is 48.5 Å². The second-order valence-electron chi connectivity index (χ2n) is 6.00. The normalized spacial score (nSPS) is 22.6. The number of hydrogen-bond acceptors (Lipinski definition) is 2. The first-order valence-corrected chi connectivity index (χ1v) is 7.07. The Morgan fingerprint density at radius 3 is 2.10 bits per heavy atom. The molecule has 4 rings (SSSR count). The van der Waals surface area contributed by atoms with Crippen LogP contribution < -0.4 is 0 Å². The Bertz CT molecular complexity index is 677. The van der Waals surface area contributed by atoms with Crippen molar-refractivity contribution >= 4 is 5.78 Å². The van der Waals surface area contributed by atoms with E-state index in [1.54, 1.807) is 0 Å². The molecule has 0 heterocycles. The lowest BCUT2D eigenvalue weighted by Crippen LogP contribution is -2.39. The summed E-state index contributed by atoms with van der Waals surface area (Å²) in [6.07, 6.45) is 1.61. The van der Waals surface area contributed by atoms with Crippen LogP contribution >= 0.6 is 0 Å². The number of carbonyl (C=O) groups excluding carboxylic acids is 1. The van der Waals surface area contributed by atoms with Gasteiger partial charge in [0.1, 0.15) is 5.78 Å². The number of ketones is 1. The van der Waals surface area contributed by atoms with Crippen LogP contribution in [0.4, 0.5) is 0 Å². The Hall–Kier alpha value is -1.93. The highest BCUT2D eigenvalue weighted by atomic mass is 16.3. The number of fused-ring (bicyclic) bond motifs is 2. The van der Waals surface area contributed by atoms with Gasteiger partial charge in [-0.25, -0.2) is 0 Å². The van der Waals surface area contributed by atoms with Crippen LogP contribution in [-0.2, 0) is 24.1 Å². The zero-order valence-corrected chi connectivity index (χ0v) is 11.2.